The third-order valence-corrected chi connectivity index (χ3v) is 3.61. The topological polar surface area (TPSA) is 32.3 Å². The van der Waals surface area contributed by atoms with E-state index in [9.17, 15) is 4.79 Å². The molecule has 1 aliphatic heterocycles. The minimum absolute atomic E-state index is 0. The lowest BCUT2D eigenvalue weighted by Gasteiger charge is -2.32. The summed E-state index contributed by atoms with van der Waals surface area (Å²) in [5.74, 6) is 0.888. The van der Waals surface area contributed by atoms with Crippen LogP contribution in [0.3, 0.4) is 0 Å². The predicted molar refractivity (Wildman–Crippen MR) is 73.5 cm³/mol. The highest BCUT2D eigenvalue weighted by Gasteiger charge is 2.22. The molecule has 0 aromatic carbocycles. The molecule has 1 heterocycles. The Morgan fingerprint density at radius 2 is 2.12 bits per heavy atom. The first-order valence-corrected chi connectivity index (χ1v) is 6.52. The maximum absolute atomic E-state index is 11.9. The summed E-state index contributed by atoms with van der Waals surface area (Å²) in [5.41, 5.74) is 0. The van der Waals surface area contributed by atoms with Crippen LogP contribution >= 0.6 is 24.2 Å². The molecule has 0 radical (unpaired) electrons. The minimum Gasteiger partial charge on any atom is -0.339 e. The molecule has 1 aliphatic rings. The summed E-state index contributed by atoms with van der Waals surface area (Å²) in [6, 6.07) is 0.433. The van der Waals surface area contributed by atoms with E-state index in [-0.39, 0.29) is 23.1 Å². The van der Waals surface area contributed by atoms with E-state index < -0.39 is 0 Å². The smallest absolute Gasteiger partial charge is 0.232 e. The van der Waals surface area contributed by atoms with E-state index in [1.54, 1.807) is 11.8 Å². The number of rotatable bonds is 2. The average Bonchev–Trinajstić information content (AvgIpc) is 2.13. The number of piperazine rings is 1. The zero-order valence-corrected chi connectivity index (χ0v) is 12.2. The second-order valence-corrected chi connectivity index (χ2v) is 6.90. The Bertz CT molecular complexity index is 231. The van der Waals surface area contributed by atoms with Crippen LogP contribution in [-0.4, -0.2) is 47.0 Å². The number of thioether (sulfide) groups is 1. The van der Waals surface area contributed by atoms with Crippen molar-refractivity contribution in [3.05, 3.63) is 0 Å². The average molecular weight is 267 g/mol. The molecule has 1 saturated heterocycles. The third-order valence-electron chi connectivity index (χ3n) is 2.35. The van der Waals surface area contributed by atoms with Gasteiger partial charge in [-0.1, -0.05) is 20.8 Å². The Hall–Kier alpha value is 0.0700. The van der Waals surface area contributed by atoms with Crippen molar-refractivity contribution in [2.75, 3.05) is 25.4 Å². The molecular weight excluding hydrogens is 244 g/mol. The van der Waals surface area contributed by atoms with Crippen molar-refractivity contribution in [3.8, 4) is 0 Å². The first-order valence-electron chi connectivity index (χ1n) is 5.53. The Balaban J connectivity index is 0.00000225. The molecule has 96 valence electrons. The zero-order chi connectivity index (χ0) is 11.5. The van der Waals surface area contributed by atoms with E-state index in [0.717, 1.165) is 19.6 Å². The molecule has 16 heavy (non-hydrogen) atoms. The number of nitrogens with zero attached hydrogens (tertiary/aromatic N) is 1. The van der Waals surface area contributed by atoms with Crippen molar-refractivity contribution in [3.63, 3.8) is 0 Å². The van der Waals surface area contributed by atoms with Crippen molar-refractivity contribution in [2.24, 2.45) is 0 Å². The quantitative estimate of drug-likeness (QED) is 0.827. The number of hydrogen-bond donors (Lipinski definition) is 1. The molecule has 0 aliphatic carbocycles. The first-order chi connectivity index (χ1) is 6.88. The van der Waals surface area contributed by atoms with E-state index in [1.807, 2.05) is 4.90 Å². The van der Waals surface area contributed by atoms with E-state index >= 15 is 0 Å². The van der Waals surface area contributed by atoms with Gasteiger partial charge >= 0.3 is 0 Å². The SMILES string of the molecule is C[C@@H]1CN(C(=O)CSC(C)(C)C)CCN1.Cl. The fraction of sp³-hybridized carbons (Fsp3) is 0.909. The van der Waals surface area contributed by atoms with Crippen molar-refractivity contribution in [2.45, 2.75) is 38.5 Å². The number of amides is 1. The molecule has 3 nitrogen and oxygen atoms in total. The molecule has 0 saturated carbocycles. The Kier molecular flexibility index (Phi) is 6.75. The summed E-state index contributed by atoms with van der Waals surface area (Å²) >= 11 is 1.72. The van der Waals surface area contributed by atoms with Gasteiger partial charge in [0.25, 0.3) is 0 Å². The standard InChI is InChI=1S/C11H22N2OS.ClH/c1-9-7-13(6-5-12-9)10(14)8-15-11(2,3)4;/h9,12H,5-8H2,1-4H3;1H/t9-;/m1./s1. The van der Waals surface area contributed by atoms with Gasteiger partial charge in [0.05, 0.1) is 5.75 Å². The molecule has 1 N–H and O–H groups in total. The van der Waals surface area contributed by atoms with Crippen LogP contribution in [0.2, 0.25) is 0 Å². The maximum Gasteiger partial charge on any atom is 0.232 e. The van der Waals surface area contributed by atoms with E-state index in [4.69, 9.17) is 0 Å². The molecule has 0 spiro atoms. The van der Waals surface area contributed by atoms with E-state index in [1.165, 1.54) is 0 Å². The monoisotopic (exact) mass is 266 g/mol. The van der Waals surface area contributed by atoms with Crippen LogP contribution < -0.4 is 5.32 Å². The molecular formula is C11H23ClN2OS. The lowest BCUT2D eigenvalue weighted by Crippen LogP contribution is -2.51. The third kappa shape index (κ3) is 5.97. The Morgan fingerprint density at radius 3 is 2.62 bits per heavy atom. The lowest BCUT2D eigenvalue weighted by molar-refractivity contribution is -0.129. The van der Waals surface area contributed by atoms with Crippen LogP contribution in [-0.2, 0) is 4.79 Å². The number of carbonyl (C=O) groups is 1. The summed E-state index contributed by atoms with van der Waals surface area (Å²) in [6.45, 7) is 11.2. The maximum atomic E-state index is 11.9. The van der Waals surface area contributed by atoms with Crippen LogP contribution in [0.25, 0.3) is 0 Å². The van der Waals surface area contributed by atoms with Gasteiger partial charge in [0, 0.05) is 30.4 Å². The molecule has 0 unspecified atom stereocenters. The number of hydrogen-bond acceptors (Lipinski definition) is 3. The molecule has 1 fully saturated rings. The van der Waals surface area contributed by atoms with Gasteiger partial charge in [0.1, 0.15) is 0 Å². The van der Waals surface area contributed by atoms with Gasteiger partial charge in [-0.15, -0.1) is 24.2 Å². The second-order valence-electron chi connectivity index (χ2n) is 5.10. The zero-order valence-electron chi connectivity index (χ0n) is 10.6. The number of nitrogens with one attached hydrogen (secondary N) is 1. The fourth-order valence-corrected chi connectivity index (χ4v) is 2.27. The van der Waals surface area contributed by atoms with Gasteiger partial charge < -0.3 is 10.2 Å². The van der Waals surface area contributed by atoms with Crippen LogP contribution in [0, 0.1) is 0 Å². The van der Waals surface area contributed by atoms with E-state index in [0.29, 0.717) is 11.8 Å². The molecule has 5 heteroatoms. The van der Waals surface area contributed by atoms with Gasteiger partial charge in [-0.2, -0.15) is 0 Å². The lowest BCUT2D eigenvalue weighted by atomic mass is 10.2. The molecule has 1 rings (SSSR count). The van der Waals surface area contributed by atoms with Crippen molar-refractivity contribution >= 4 is 30.1 Å². The summed E-state index contributed by atoms with van der Waals surface area (Å²) in [6.07, 6.45) is 0. The summed E-state index contributed by atoms with van der Waals surface area (Å²) in [5, 5.41) is 3.34. The van der Waals surface area contributed by atoms with Crippen LogP contribution in [0.4, 0.5) is 0 Å². The van der Waals surface area contributed by atoms with Gasteiger partial charge in [0.15, 0.2) is 0 Å². The molecule has 1 atom stereocenters. The van der Waals surface area contributed by atoms with Crippen LogP contribution in [0.5, 0.6) is 0 Å². The normalized spacial score (nSPS) is 21.5. The highest BCUT2D eigenvalue weighted by molar-refractivity contribution is 8.01. The molecule has 0 bridgehead atoms. The highest BCUT2D eigenvalue weighted by atomic mass is 35.5. The Morgan fingerprint density at radius 1 is 1.50 bits per heavy atom. The molecule has 1 amide bonds. The fourth-order valence-electron chi connectivity index (χ4n) is 1.53. The van der Waals surface area contributed by atoms with Gasteiger partial charge in [-0.05, 0) is 6.92 Å². The summed E-state index contributed by atoms with van der Waals surface area (Å²) in [4.78, 5) is 13.8. The summed E-state index contributed by atoms with van der Waals surface area (Å²) in [7, 11) is 0. The highest BCUT2D eigenvalue weighted by Crippen LogP contribution is 2.23. The molecule has 0 aromatic rings. The largest absolute Gasteiger partial charge is 0.339 e. The summed E-state index contributed by atoms with van der Waals surface area (Å²) < 4.78 is 0.176. The van der Waals surface area contributed by atoms with E-state index in [2.05, 4.69) is 33.0 Å². The number of halogens is 1. The number of carbonyl (C=O) groups excluding carboxylic acids is 1. The first kappa shape index (κ1) is 16.1. The van der Waals surface area contributed by atoms with Gasteiger partial charge in [-0.25, -0.2) is 0 Å². The van der Waals surface area contributed by atoms with Gasteiger partial charge in [0.2, 0.25) is 5.91 Å². The minimum atomic E-state index is 0. The second kappa shape index (κ2) is 6.72. The van der Waals surface area contributed by atoms with Crippen molar-refractivity contribution in [1.29, 1.82) is 0 Å². The van der Waals surface area contributed by atoms with Crippen LogP contribution in [0.1, 0.15) is 27.7 Å². The predicted octanol–water partition coefficient (Wildman–Crippen LogP) is 1.76. The molecule has 0 aromatic heterocycles. The Labute approximate surface area is 109 Å². The van der Waals surface area contributed by atoms with Crippen molar-refractivity contribution in [1.82, 2.24) is 10.2 Å². The van der Waals surface area contributed by atoms with Crippen LogP contribution in [0.15, 0.2) is 0 Å². The van der Waals surface area contributed by atoms with Crippen molar-refractivity contribution < 1.29 is 4.79 Å². The van der Waals surface area contributed by atoms with Gasteiger partial charge in [-0.3, -0.25) is 4.79 Å².